The van der Waals surface area contributed by atoms with E-state index in [0.29, 0.717) is 5.75 Å². The van der Waals surface area contributed by atoms with Crippen molar-refractivity contribution < 1.29 is 23.7 Å². The van der Waals surface area contributed by atoms with Crippen LogP contribution in [0.15, 0.2) is 0 Å². The third-order valence-electron chi connectivity index (χ3n) is 3.53. The number of amides is 2. The monoisotopic (exact) mass is 363 g/mol. The zero-order valence-electron chi connectivity index (χ0n) is 14.9. The second-order valence-corrected chi connectivity index (χ2v) is 8.03. The van der Waals surface area contributed by atoms with Crippen molar-refractivity contribution in [2.24, 2.45) is 17.6 Å². The minimum Gasteiger partial charge on any atom is -0.480 e. The number of carbonyl (C=O) groups is 3. The molecule has 0 aliphatic rings. The summed E-state index contributed by atoms with van der Waals surface area (Å²) in [7, 11) is -1.06. The van der Waals surface area contributed by atoms with Gasteiger partial charge in [-0.2, -0.15) is 0 Å². The largest absolute Gasteiger partial charge is 0.480 e. The molecule has 0 fully saturated rings. The molecule has 140 valence electrons. The molecule has 0 aliphatic carbocycles. The summed E-state index contributed by atoms with van der Waals surface area (Å²) in [5.74, 6) is -2.47. The highest BCUT2D eigenvalue weighted by molar-refractivity contribution is 7.84. The maximum Gasteiger partial charge on any atom is 0.326 e. The van der Waals surface area contributed by atoms with Crippen LogP contribution in [0.3, 0.4) is 0 Å². The van der Waals surface area contributed by atoms with Gasteiger partial charge in [-0.3, -0.25) is 13.8 Å². The van der Waals surface area contributed by atoms with Crippen LogP contribution in [0.25, 0.3) is 0 Å². The molecule has 0 aliphatic heterocycles. The summed E-state index contributed by atoms with van der Waals surface area (Å²) in [6, 6.07) is -2.80. The van der Waals surface area contributed by atoms with Crippen molar-refractivity contribution in [1.82, 2.24) is 10.6 Å². The van der Waals surface area contributed by atoms with E-state index in [-0.39, 0.29) is 18.3 Å². The van der Waals surface area contributed by atoms with Gasteiger partial charge in [0.2, 0.25) is 11.8 Å². The quantitative estimate of drug-likeness (QED) is 0.411. The van der Waals surface area contributed by atoms with Crippen LogP contribution in [0.1, 0.15) is 34.1 Å². The van der Waals surface area contributed by atoms with Gasteiger partial charge in [-0.1, -0.05) is 27.7 Å². The standard InChI is InChI=1S/C15H29N3O5S/c1-8(2)11(14(20)18-12(9(3)4)15(21)22)17-13(19)10(16)6-7-24(5)23/h8-12H,6-7,16H2,1-5H3,(H,17,19)(H,18,20)(H,21,22)/t10-,11-,12-,24?/m0/s1. The van der Waals surface area contributed by atoms with E-state index in [2.05, 4.69) is 10.6 Å². The van der Waals surface area contributed by atoms with Gasteiger partial charge in [0.25, 0.3) is 0 Å². The number of nitrogens with one attached hydrogen (secondary N) is 2. The summed E-state index contributed by atoms with van der Waals surface area (Å²) in [4.78, 5) is 35.6. The second kappa shape index (κ2) is 10.4. The second-order valence-electron chi connectivity index (χ2n) is 6.47. The fourth-order valence-electron chi connectivity index (χ4n) is 1.98. The Morgan fingerprint density at radius 3 is 1.83 bits per heavy atom. The number of hydrogen-bond acceptors (Lipinski definition) is 5. The molecule has 0 heterocycles. The highest BCUT2D eigenvalue weighted by Gasteiger charge is 2.31. The Morgan fingerprint density at radius 1 is 1.00 bits per heavy atom. The van der Waals surface area contributed by atoms with Crippen LogP contribution < -0.4 is 16.4 Å². The van der Waals surface area contributed by atoms with Crippen LogP contribution in [0, 0.1) is 11.8 Å². The fourth-order valence-corrected chi connectivity index (χ4v) is 2.56. The fraction of sp³-hybridized carbons (Fsp3) is 0.800. The molecule has 2 amide bonds. The number of nitrogens with two attached hydrogens (primary N) is 1. The molecule has 0 saturated carbocycles. The Hall–Kier alpha value is -1.48. The SMILES string of the molecule is CC(C)[C@H](NC(=O)[C@@H](NC(=O)[C@@H](N)CCS(C)=O)C(C)C)C(=O)O. The maximum absolute atomic E-state index is 12.3. The third-order valence-corrected chi connectivity index (χ3v) is 4.34. The summed E-state index contributed by atoms with van der Waals surface area (Å²) >= 11 is 0. The molecule has 4 atom stereocenters. The molecule has 9 heteroatoms. The Kier molecular flexibility index (Phi) is 9.76. The van der Waals surface area contributed by atoms with Crippen molar-refractivity contribution in [3.05, 3.63) is 0 Å². The molecule has 8 nitrogen and oxygen atoms in total. The molecule has 1 unspecified atom stereocenters. The number of carboxylic acid groups (broad SMARTS) is 1. The lowest BCUT2D eigenvalue weighted by Gasteiger charge is -2.26. The van der Waals surface area contributed by atoms with E-state index >= 15 is 0 Å². The van der Waals surface area contributed by atoms with Crippen molar-refractivity contribution in [2.75, 3.05) is 12.0 Å². The maximum atomic E-state index is 12.3. The van der Waals surface area contributed by atoms with Crippen LogP contribution >= 0.6 is 0 Å². The van der Waals surface area contributed by atoms with E-state index in [4.69, 9.17) is 10.8 Å². The molecule has 0 bridgehead atoms. The van der Waals surface area contributed by atoms with Gasteiger partial charge in [0.15, 0.2) is 0 Å². The lowest BCUT2D eigenvalue weighted by atomic mass is 10.00. The van der Waals surface area contributed by atoms with Crippen LogP contribution in [0.5, 0.6) is 0 Å². The number of hydrogen-bond donors (Lipinski definition) is 4. The van der Waals surface area contributed by atoms with Gasteiger partial charge in [-0.25, -0.2) is 4.79 Å². The normalized spacial score (nSPS) is 16.3. The zero-order chi connectivity index (χ0) is 19.0. The summed E-state index contributed by atoms with van der Waals surface area (Å²) in [6.45, 7) is 6.84. The van der Waals surface area contributed by atoms with Gasteiger partial charge >= 0.3 is 5.97 Å². The minimum atomic E-state index is -1.13. The van der Waals surface area contributed by atoms with Gasteiger partial charge in [0.1, 0.15) is 12.1 Å². The summed E-state index contributed by atoms with van der Waals surface area (Å²) in [5.41, 5.74) is 5.74. The van der Waals surface area contributed by atoms with E-state index in [0.717, 1.165) is 0 Å². The Labute approximate surface area is 145 Å². The smallest absolute Gasteiger partial charge is 0.326 e. The van der Waals surface area contributed by atoms with Gasteiger partial charge in [0, 0.05) is 22.8 Å². The molecule has 0 saturated heterocycles. The van der Waals surface area contributed by atoms with Crippen molar-refractivity contribution in [3.63, 3.8) is 0 Å². The molecule has 0 radical (unpaired) electrons. The van der Waals surface area contributed by atoms with Gasteiger partial charge in [0.05, 0.1) is 6.04 Å². The van der Waals surface area contributed by atoms with E-state index in [1.165, 1.54) is 6.26 Å². The molecule has 24 heavy (non-hydrogen) atoms. The summed E-state index contributed by atoms with van der Waals surface area (Å²) in [5, 5.41) is 14.2. The third kappa shape index (κ3) is 7.87. The van der Waals surface area contributed by atoms with Crippen LogP contribution in [-0.4, -0.2) is 57.2 Å². The van der Waals surface area contributed by atoms with Crippen LogP contribution in [0.2, 0.25) is 0 Å². The first-order valence-corrected chi connectivity index (χ1v) is 9.59. The topological polar surface area (TPSA) is 139 Å². The molecule has 0 aromatic heterocycles. The molecular weight excluding hydrogens is 334 g/mol. The number of aliphatic carboxylic acids is 1. The van der Waals surface area contributed by atoms with E-state index in [1.807, 2.05) is 0 Å². The van der Waals surface area contributed by atoms with Gasteiger partial charge in [-0.05, 0) is 18.3 Å². The lowest BCUT2D eigenvalue weighted by Crippen LogP contribution is -2.57. The first-order chi connectivity index (χ1) is 11.0. The number of rotatable bonds is 10. The number of carboxylic acids is 1. The first-order valence-electron chi connectivity index (χ1n) is 7.86. The van der Waals surface area contributed by atoms with E-state index in [1.54, 1.807) is 27.7 Å². The average molecular weight is 363 g/mol. The Balaban J connectivity index is 4.90. The first kappa shape index (κ1) is 22.5. The van der Waals surface area contributed by atoms with Crippen LogP contribution in [0.4, 0.5) is 0 Å². The Bertz CT molecular complexity index is 482. The van der Waals surface area contributed by atoms with Crippen molar-refractivity contribution in [2.45, 2.75) is 52.2 Å². The number of carbonyl (C=O) groups excluding carboxylic acids is 2. The van der Waals surface area contributed by atoms with E-state index < -0.39 is 46.7 Å². The predicted octanol–water partition coefficient (Wildman–Crippen LogP) is -0.551. The molecule has 5 N–H and O–H groups in total. The van der Waals surface area contributed by atoms with Crippen molar-refractivity contribution >= 4 is 28.6 Å². The predicted molar refractivity (Wildman–Crippen MR) is 92.7 cm³/mol. The van der Waals surface area contributed by atoms with Gasteiger partial charge in [-0.15, -0.1) is 0 Å². The molecule has 0 rings (SSSR count). The average Bonchev–Trinajstić information content (AvgIpc) is 2.45. The molecule has 0 spiro atoms. The lowest BCUT2D eigenvalue weighted by molar-refractivity contribution is -0.143. The van der Waals surface area contributed by atoms with Crippen molar-refractivity contribution in [3.8, 4) is 0 Å². The summed E-state index contributed by atoms with van der Waals surface area (Å²) < 4.78 is 11.1. The zero-order valence-corrected chi connectivity index (χ0v) is 15.7. The summed E-state index contributed by atoms with van der Waals surface area (Å²) in [6.07, 6.45) is 1.76. The van der Waals surface area contributed by atoms with Crippen LogP contribution in [-0.2, 0) is 25.2 Å². The van der Waals surface area contributed by atoms with E-state index in [9.17, 15) is 18.6 Å². The minimum absolute atomic E-state index is 0.241. The molecule has 0 aromatic rings. The highest BCUT2D eigenvalue weighted by atomic mass is 32.2. The van der Waals surface area contributed by atoms with Gasteiger partial charge < -0.3 is 21.5 Å². The highest BCUT2D eigenvalue weighted by Crippen LogP contribution is 2.07. The molecule has 0 aromatic carbocycles. The molecular formula is C15H29N3O5S. The van der Waals surface area contributed by atoms with Crippen molar-refractivity contribution in [1.29, 1.82) is 0 Å². The Morgan fingerprint density at radius 2 is 1.46 bits per heavy atom.